The van der Waals surface area contributed by atoms with Gasteiger partial charge in [0.1, 0.15) is 0 Å². The van der Waals surface area contributed by atoms with E-state index in [0.29, 0.717) is 19.0 Å². The van der Waals surface area contributed by atoms with Crippen molar-refractivity contribution in [2.75, 3.05) is 37.6 Å². The number of halogens is 2. The number of hydrogen-bond acceptors (Lipinski definition) is 7. The summed E-state index contributed by atoms with van der Waals surface area (Å²) in [6.07, 6.45) is 9.75. The summed E-state index contributed by atoms with van der Waals surface area (Å²) in [5.74, 6) is -1.73. The summed E-state index contributed by atoms with van der Waals surface area (Å²) >= 11 is 3.21. The topological polar surface area (TPSA) is 61.4 Å². The highest BCUT2D eigenvalue weighted by Gasteiger charge is 2.39. The molecule has 1 saturated carbocycles. The van der Waals surface area contributed by atoms with E-state index < -0.39 is 5.92 Å². The maximum Gasteiger partial charge on any atom is 0.267 e. The van der Waals surface area contributed by atoms with Gasteiger partial charge >= 0.3 is 0 Å². The number of rotatable bonds is 7. The number of anilines is 1. The van der Waals surface area contributed by atoms with E-state index in [1.165, 1.54) is 24.1 Å². The number of thiazole rings is 2. The predicted octanol–water partition coefficient (Wildman–Crippen LogP) is 4.46. The lowest BCUT2D eigenvalue weighted by Gasteiger charge is -2.30. The van der Waals surface area contributed by atoms with Crippen molar-refractivity contribution in [2.24, 2.45) is 5.92 Å². The first kappa shape index (κ1) is 25.0. The normalized spacial score (nSPS) is 24.8. The summed E-state index contributed by atoms with van der Waals surface area (Å²) in [5.41, 5.74) is 1.12. The van der Waals surface area contributed by atoms with Crippen LogP contribution in [-0.4, -0.2) is 65.5 Å². The fraction of sp³-hybridized carbons (Fsp3) is 0.720. The molecule has 1 saturated heterocycles. The number of alkyl halides is 2. The van der Waals surface area contributed by atoms with Crippen LogP contribution >= 0.6 is 22.7 Å². The average molecular weight is 524 g/mol. The van der Waals surface area contributed by atoms with Gasteiger partial charge in [0.25, 0.3) is 5.92 Å². The van der Waals surface area contributed by atoms with Crippen LogP contribution < -0.4 is 10.2 Å². The third-order valence-corrected chi connectivity index (χ3v) is 9.73. The van der Waals surface area contributed by atoms with Crippen molar-refractivity contribution in [3.8, 4) is 0 Å². The first-order valence-corrected chi connectivity index (χ1v) is 14.5. The zero-order chi connectivity index (χ0) is 24.4. The standard InChI is InChI=1S/C25H35F2N5OS2/c1-17-28-15-20(34-17)14-23(33)29-19-4-2-18(3-5-19)6-10-31-11-7-21-22(8-12-31)35-24(30-21)32-13-9-25(26,27)16-32/h15,18-19H,2-14,16H2,1H3,(H,29,33). The van der Waals surface area contributed by atoms with E-state index in [0.717, 1.165) is 71.9 Å². The third kappa shape index (κ3) is 6.57. The van der Waals surface area contributed by atoms with Gasteiger partial charge in [-0.05, 0) is 57.9 Å². The SMILES string of the molecule is Cc1ncc(CC(=O)NC2CCC(CCN3CCc4nc(N5CCC(F)(F)C5)sc4CC3)CC2)s1. The van der Waals surface area contributed by atoms with Crippen LogP contribution in [0.15, 0.2) is 6.20 Å². The van der Waals surface area contributed by atoms with Crippen molar-refractivity contribution in [2.45, 2.75) is 76.7 Å². The second-order valence-corrected chi connectivity index (χ2v) is 12.7. The zero-order valence-corrected chi connectivity index (χ0v) is 22.0. The Hall–Kier alpha value is -1.65. The van der Waals surface area contributed by atoms with Gasteiger partial charge in [0.05, 0.1) is 23.7 Å². The number of nitrogens with zero attached hydrogens (tertiary/aromatic N) is 4. The molecule has 192 valence electrons. The second kappa shape index (κ2) is 10.8. The van der Waals surface area contributed by atoms with E-state index in [4.69, 9.17) is 4.98 Å². The molecule has 5 rings (SSSR count). The molecule has 1 amide bonds. The number of hydrogen-bond donors (Lipinski definition) is 1. The molecule has 6 nitrogen and oxygen atoms in total. The van der Waals surface area contributed by atoms with Crippen LogP contribution in [0.5, 0.6) is 0 Å². The first-order valence-electron chi connectivity index (χ1n) is 12.9. The Morgan fingerprint density at radius 1 is 1.17 bits per heavy atom. The summed E-state index contributed by atoms with van der Waals surface area (Å²) < 4.78 is 27.2. The van der Waals surface area contributed by atoms with Crippen LogP contribution in [0.25, 0.3) is 0 Å². The van der Waals surface area contributed by atoms with Gasteiger partial charge in [0, 0.05) is 54.5 Å². The minimum atomic E-state index is -2.58. The fourth-order valence-electron chi connectivity index (χ4n) is 5.54. The smallest absolute Gasteiger partial charge is 0.267 e. The van der Waals surface area contributed by atoms with E-state index >= 15 is 0 Å². The van der Waals surface area contributed by atoms with Crippen LogP contribution in [-0.2, 0) is 24.1 Å². The molecule has 0 bridgehead atoms. The van der Waals surface area contributed by atoms with Gasteiger partial charge in [0.15, 0.2) is 5.13 Å². The van der Waals surface area contributed by atoms with Crippen LogP contribution in [0.3, 0.4) is 0 Å². The molecule has 35 heavy (non-hydrogen) atoms. The van der Waals surface area contributed by atoms with Crippen molar-refractivity contribution >= 4 is 33.7 Å². The summed E-state index contributed by atoms with van der Waals surface area (Å²) in [4.78, 5) is 27.9. The van der Waals surface area contributed by atoms with Gasteiger partial charge < -0.3 is 15.1 Å². The van der Waals surface area contributed by atoms with Crippen molar-refractivity contribution in [3.05, 3.63) is 26.7 Å². The minimum Gasteiger partial charge on any atom is -0.353 e. The molecular weight excluding hydrogens is 488 g/mol. The van der Waals surface area contributed by atoms with E-state index in [2.05, 4.69) is 15.2 Å². The Kier molecular flexibility index (Phi) is 7.69. The molecule has 0 radical (unpaired) electrons. The summed E-state index contributed by atoms with van der Waals surface area (Å²) in [5, 5.41) is 5.01. The van der Waals surface area contributed by atoms with Crippen molar-refractivity contribution in [1.82, 2.24) is 20.2 Å². The number of fused-ring (bicyclic) bond motifs is 1. The van der Waals surface area contributed by atoms with Gasteiger partial charge in [0.2, 0.25) is 5.91 Å². The number of carbonyl (C=O) groups excluding carboxylic acids is 1. The van der Waals surface area contributed by atoms with Crippen molar-refractivity contribution in [1.29, 1.82) is 0 Å². The molecule has 0 atom stereocenters. The zero-order valence-electron chi connectivity index (χ0n) is 20.4. The Labute approximate surface area is 214 Å². The van der Waals surface area contributed by atoms with Gasteiger partial charge in [-0.2, -0.15) is 0 Å². The van der Waals surface area contributed by atoms with Gasteiger partial charge in [-0.25, -0.2) is 18.7 Å². The van der Waals surface area contributed by atoms with Gasteiger partial charge in [-0.1, -0.05) is 0 Å². The van der Waals surface area contributed by atoms with E-state index in [-0.39, 0.29) is 18.9 Å². The molecule has 0 spiro atoms. The van der Waals surface area contributed by atoms with Crippen LogP contribution in [0, 0.1) is 12.8 Å². The molecule has 2 aliphatic heterocycles. The molecule has 1 aliphatic carbocycles. The molecule has 4 heterocycles. The Morgan fingerprint density at radius 3 is 2.69 bits per heavy atom. The summed E-state index contributed by atoms with van der Waals surface area (Å²) in [6.45, 7) is 5.30. The summed E-state index contributed by atoms with van der Waals surface area (Å²) in [7, 11) is 0. The molecule has 10 heteroatoms. The largest absolute Gasteiger partial charge is 0.353 e. The molecule has 3 aliphatic rings. The maximum atomic E-state index is 13.6. The highest BCUT2D eigenvalue weighted by molar-refractivity contribution is 7.15. The maximum absolute atomic E-state index is 13.6. The predicted molar refractivity (Wildman–Crippen MR) is 137 cm³/mol. The van der Waals surface area contributed by atoms with Gasteiger partial charge in [-0.15, -0.1) is 22.7 Å². The Bertz CT molecular complexity index is 992. The molecular formula is C25H35F2N5OS2. The van der Waals surface area contributed by atoms with Crippen molar-refractivity contribution in [3.63, 3.8) is 0 Å². The Balaban J connectivity index is 1.01. The number of aromatic nitrogens is 2. The highest BCUT2D eigenvalue weighted by Crippen LogP contribution is 2.35. The van der Waals surface area contributed by atoms with Crippen LogP contribution in [0.2, 0.25) is 0 Å². The number of aryl methyl sites for hydroxylation is 1. The van der Waals surface area contributed by atoms with Crippen LogP contribution in [0.1, 0.15) is 59.0 Å². The molecule has 0 unspecified atom stereocenters. The first-order chi connectivity index (χ1) is 16.8. The average Bonchev–Trinajstić information content (AvgIpc) is 3.49. The minimum absolute atomic E-state index is 0.0636. The Morgan fingerprint density at radius 2 is 1.97 bits per heavy atom. The van der Waals surface area contributed by atoms with E-state index in [1.807, 2.05) is 13.1 Å². The van der Waals surface area contributed by atoms with E-state index in [1.54, 1.807) is 27.6 Å². The van der Waals surface area contributed by atoms with Crippen LogP contribution in [0.4, 0.5) is 13.9 Å². The molecule has 2 aromatic heterocycles. The molecule has 0 aromatic carbocycles. The second-order valence-electron chi connectivity index (χ2n) is 10.3. The number of nitrogens with one attached hydrogen (secondary N) is 1. The quantitative estimate of drug-likeness (QED) is 0.581. The van der Waals surface area contributed by atoms with Crippen molar-refractivity contribution < 1.29 is 13.6 Å². The lowest BCUT2D eigenvalue weighted by molar-refractivity contribution is -0.121. The molecule has 1 N–H and O–H groups in total. The number of amides is 1. The molecule has 2 fully saturated rings. The summed E-state index contributed by atoms with van der Waals surface area (Å²) in [6, 6.07) is 0.303. The third-order valence-electron chi connectivity index (χ3n) is 7.60. The fourth-order valence-corrected chi connectivity index (χ4v) is 7.45. The lowest BCUT2D eigenvalue weighted by Crippen LogP contribution is -2.38. The highest BCUT2D eigenvalue weighted by atomic mass is 32.1. The monoisotopic (exact) mass is 523 g/mol. The number of carbonyl (C=O) groups is 1. The lowest BCUT2D eigenvalue weighted by atomic mass is 9.84. The molecule has 2 aromatic rings. The van der Waals surface area contributed by atoms with Gasteiger partial charge in [-0.3, -0.25) is 4.79 Å². The van der Waals surface area contributed by atoms with E-state index in [9.17, 15) is 13.6 Å².